The van der Waals surface area contributed by atoms with Crippen LogP contribution in [0.1, 0.15) is 39.0 Å². The van der Waals surface area contributed by atoms with E-state index in [2.05, 4.69) is 19.6 Å². The maximum absolute atomic E-state index is 12.3. The summed E-state index contributed by atoms with van der Waals surface area (Å²) < 4.78 is 0. The minimum absolute atomic E-state index is 0.246. The van der Waals surface area contributed by atoms with Gasteiger partial charge in [0.05, 0.1) is 0 Å². The van der Waals surface area contributed by atoms with Gasteiger partial charge in [0.1, 0.15) is 0 Å². The van der Waals surface area contributed by atoms with Gasteiger partial charge in [0.2, 0.25) is 0 Å². The van der Waals surface area contributed by atoms with Gasteiger partial charge in [0, 0.05) is 11.8 Å². The monoisotopic (exact) mass is 282 g/mol. The number of hydrogen-bond acceptors (Lipinski definition) is 2. The molecule has 0 amide bonds. The molecule has 0 aromatic rings. The van der Waals surface area contributed by atoms with Gasteiger partial charge >= 0.3 is 0 Å². The number of fused-ring (bicyclic) bond motifs is 5. The zero-order valence-corrected chi connectivity index (χ0v) is 12.6. The largest absolute Gasteiger partial charge is 0.295 e. The molecule has 0 aromatic heterocycles. The molecule has 4 aliphatic carbocycles. The fraction of sp³-hybridized carbons (Fsp3) is 0.579. The van der Waals surface area contributed by atoms with Crippen molar-refractivity contribution < 1.29 is 9.59 Å². The van der Waals surface area contributed by atoms with Gasteiger partial charge in [0.25, 0.3) is 0 Å². The molecule has 2 saturated carbocycles. The van der Waals surface area contributed by atoms with E-state index < -0.39 is 0 Å². The van der Waals surface area contributed by atoms with Crippen molar-refractivity contribution in [1.82, 2.24) is 0 Å². The van der Waals surface area contributed by atoms with Gasteiger partial charge in [-0.1, -0.05) is 30.7 Å². The minimum atomic E-state index is -0.246. The van der Waals surface area contributed by atoms with E-state index in [0.717, 1.165) is 25.7 Å². The highest BCUT2D eigenvalue weighted by atomic mass is 16.1. The average molecular weight is 282 g/mol. The molecule has 21 heavy (non-hydrogen) atoms. The van der Waals surface area contributed by atoms with Gasteiger partial charge in [-0.2, -0.15) is 0 Å². The first-order valence-electron chi connectivity index (χ1n) is 8.14. The van der Waals surface area contributed by atoms with Crippen molar-refractivity contribution in [2.75, 3.05) is 0 Å². The molecule has 0 N–H and O–H groups in total. The highest BCUT2D eigenvalue weighted by molar-refractivity contribution is 5.98. The third-order valence-corrected chi connectivity index (χ3v) is 6.47. The molecule has 110 valence electrons. The second-order valence-corrected chi connectivity index (χ2v) is 7.56. The topological polar surface area (TPSA) is 34.1 Å². The Kier molecular flexibility index (Phi) is 2.70. The Morgan fingerprint density at radius 2 is 2.05 bits per heavy atom. The van der Waals surface area contributed by atoms with Crippen LogP contribution in [-0.4, -0.2) is 11.6 Å². The molecular formula is C19H22O2. The van der Waals surface area contributed by atoms with Crippen LogP contribution in [0.4, 0.5) is 0 Å². The SMILES string of the molecule is C=C1C[C@]2(C)C(=O)C=C[C@H]2[C@@H]2CCC3=CC(=O)CC[C@@H]3[C@@H]12. The molecule has 2 nitrogen and oxygen atoms in total. The predicted octanol–water partition coefficient (Wildman–Crippen LogP) is 3.64. The summed E-state index contributed by atoms with van der Waals surface area (Å²) in [7, 11) is 0. The zero-order valence-electron chi connectivity index (χ0n) is 12.6. The minimum Gasteiger partial charge on any atom is -0.295 e. The fourth-order valence-corrected chi connectivity index (χ4v) is 5.51. The molecule has 2 heteroatoms. The van der Waals surface area contributed by atoms with Gasteiger partial charge < -0.3 is 0 Å². The van der Waals surface area contributed by atoms with Crippen molar-refractivity contribution in [3.8, 4) is 0 Å². The first-order chi connectivity index (χ1) is 10.0. The van der Waals surface area contributed by atoms with Gasteiger partial charge in [-0.3, -0.25) is 9.59 Å². The fourth-order valence-electron chi connectivity index (χ4n) is 5.51. The summed E-state index contributed by atoms with van der Waals surface area (Å²) in [5.41, 5.74) is 2.36. The normalized spacial score (nSPS) is 45.0. The molecule has 4 rings (SSSR count). The third-order valence-electron chi connectivity index (χ3n) is 6.47. The van der Waals surface area contributed by atoms with Crippen LogP contribution in [0, 0.1) is 29.1 Å². The van der Waals surface area contributed by atoms with E-state index in [1.54, 1.807) is 6.08 Å². The Labute approximate surface area is 126 Å². The maximum Gasteiger partial charge on any atom is 0.162 e. The van der Waals surface area contributed by atoms with Gasteiger partial charge in [-0.25, -0.2) is 0 Å². The number of rotatable bonds is 0. The molecular weight excluding hydrogens is 260 g/mol. The summed E-state index contributed by atoms with van der Waals surface area (Å²) in [6.07, 6.45) is 10.5. The average Bonchev–Trinajstić information content (AvgIpc) is 2.74. The van der Waals surface area contributed by atoms with E-state index in [9.17, 15) is 9.59 Å². The van der Waals surface area contributed by atoms with Crippen molar-refractivity contribution in [1.29, 1.82) is 0 Å². The predicted molar refractivity (Wildman–Crippen MR) is 81.5 cm³/mol. The lowest BCUT2D eigenvalue weighted by Gasteiger charge is -2.52. The third kappa shape index (κ3) is 1.71. The Morgan fingerprint density at radius 3 is 2.86 bits per heavy atom. The van der Waals surface area contributed by atoms with Crippen molar-refractivity contribution in [3.05, 3.63) is 36.0 Å². The summed E-state index contributed by atoms with van der Waals surface area (Å²) in [4.78, 5) is 24.0. The van der Waals surface area contributed by atoms with Crippen molar-refractivity contribution >= 4 is 11.6 Å². The molecule has 5 atom stereocenters. The molecule has 0 unspecified atom stereocenters. The van der Waals surface area contributed by atoms with Crippen LogP contribution in [0.15, 0.2) is 36.0 Å². The van der Waals surface area contributed by atoms with E-state index >= 15 is 0 Å². The maximum atomic E-state index is 12.3. The first-order valence-corrected chi connectivity index (χ1v) is 8.14. The van der Waals surface area contributed by atoms with Crippen LogP contribution in [0.25, 0.3) is 0 Å². The smallest absolute Gasteiger partial charge is 0.162 e. The standard InChI is InChI=1S/C19H22O2/c1-11-10-19(2)16(7-8-17(19)21)15-5-3-12-9-13(20)4-6-14(12)18(11)15/h7-9,14-16,18H,1,3-6,10H2,2H3/t14-,15-,16-,18+,19-/m0/s1. The van der Waals surface area contributed by atoms with E-state index in [0.29, 0.717) is 35.9 Å². The van der Waals surface area contributed by atoms with Crippen LogP contribution < -0.4 is 0 Å². The van der Waals surface area contributed by atoms with Crippen LogP contribution in [0.5, 0.6) is 0 Å². The number of ketones is 2. The van der Waals surface area contributed by atoms with Crippen LogP contribution in [-0.2, 0) is 9.59 Å². The molecule has 0 bridgehead atoms. The Bertz CT molecular complexity index is 609. The summed E-state index contributed by atoms with van der Waals surface area (Å²) >= 11 is 0. The summed E-state index contributed by atoms with van der Waals surface area (Å²) in [6.45, 7) is 6.48. The Morgan fingerprint density at radius 1 is 1.24 bits per heavy atom. The summed E-state index contributed by atoms with van der Waals surface area (Å²) in [6, 6.07) is 0. The van der Waals surface area contributed by atoms with E-state index in [1.165, 1.54) is 11.1 Å². The number of allylic oxidation sites excluding steroid dienone is 5. The van der Waals surface area contributed by atoms with Crippen LogP contribution in [0.2, 0.25) is 0 Å². The van der Waals surface area contributed by atoms with Crippen LogP contribution >= 0.6 is 0 Å². The highest BCUT2D eigenvalue weighted by Crippen LogP contribution is 2.60. The van der Waals surface area contributed by atoms with Crippen molar-refractivity contribution in [2.24, 2.45) is 29.1 Å². The van der Waals surface area contributed by atoms with Gasteiger partial charge in [-0.15, -0.1) is 0 Å². The van der Waals surface area contributed by atoms with Crippen molar-refractivity contribution in [2.45, 2.75) is 39.0 Å². The molecule has 4 aliphatic rings. The summed E-state index contributed by atoms with van der Waals surface area (Å²) in [5, 5.41) is 0. The lowest BCUT2D eigenvalue weighted by molar-refractivity contribution is -0.126. The molecule has 0 spiro atoms. The molecule has 0 aliphatic heterocycles. The zero-order chi connectivity index (χ0) is 14.8. The van der Waals surface area contributed by atoms with Crippen LogP contribution in [0.3, 0.4) is 0 Å². The first kappa shape index (κ1) is 13.2. The molecule has 0 radical (unpaired) electrons. The molecule has 0 saturated heterocycles. The quantitative estimate of drug-likeness (QED) is 0.636. The lowest BCUT2D eigenvalue weighted by atomic mass is 9.51. The lowest BCUT2D eigenvalue weighted by Crippen LogP contribution is -2.47. The van der Waals surface area contributed by atoms with E-state index in [4.69, 9.17) is 0 Å². The number of carbonyl (C=O) groups is 2. The molecule has 0 aromatic carbocycles. The molecule has 0 heterocycles. The second kappa shape index (κ2) is 4.28. The second-order valence-electron chi connectivity index (χ2n) is 7.56. The van der Waals surface area contributed by atoms with Gasteiger partial charge in [-0.05, 0) is 61.5 Å². The van der Waals surface area contributed by atoms with Gasteiger partial charge in [0.15, 0.2) is 11.6 Å². The molecule has 2 fully saturated rings. The van der Waals surface area contributed by atoms with Crippen molar-refractivity contribution in [3.63, 3.8) is 0 Å². The Hall–Kier alpha value is -1.44. The highest BCUT2D eigenvalue weighted by Gasteiger charge is 2.55. The number of carbonyl (C=O) groups excluding carboxylic acids is 2. The van der Waals surface area contributed by atoms with E-state index in [-0.39, 0.29) is 11.2 Å². The summed E-state index contributed by atoms with van der Waals surface area (Å²) in [5.74, 6) is 2.47. The Balaban J connectivity index is 1.73. The van der Waals surface area contributed by atoms with E-state index in [1.807, 2.05) is 6.08 Å². The number of hydrogen-bond donors (Lipinski definition) is 0.